The zero-order valence-electron chi connectivity index (χ0n) is 18.8. The lowest BCUT2D eigenvalue weighted by molar-refractivity contribution is 0.228. The van der Waals surface area contributed by atoms with Crippen LogP contribution < -0.4 is 0 Å². The highest BCUT2D eigenvalue weighted by Crippen LogP contribution is 2.09. The fourth-order valence-electron chi connectivity index (χ4n) is 3.11. The van der Waals surface area contributed by atoms with Crippen molar-refractivity contribution in [3.63, 3.8) is 0 Å². The van der Waals surface area contributed by atoms with Gasteiger partial charge in [0.15, 0.2) is 0 Å². The summed E-state index contributed by atoms with van der Waals surface area (Å²) in [5.74, 6) is 1.59. The van der Waals surface area contributed by atoms with Crippen LogP contribution in [0.1, 0.15) is 80.1 Å². The van der Waals surface area contributed by atoms with Gasteiger partial charge in [-0.3, -0.25) is 9.80 Å². The summed E-state index contributed by atoms with van der Waals surface area (Å²) in [6, 6.07) is 0. The fourth-order valence-corrected chi connectivity index (χ4v) is 3.11. The summed E-state index contributed by atoms with van der Waals surface area (Å²) in [7, 11) is 0. The van der Waals surface area contributed by atoms with E-state index in [0.29, 0.717) is 0 Å². The van der Waals surface area contributed by atoms with Crippen molar-refractivity contribution in [2.24, 2.45) is 11.8 Å². The molecule has 2 heteroatoms. The highest BCUT2D eigenvalue weighted by Gasteiger charge is 2.10. The molecule has 2 atom stereocenters. The van der Waals surface area contributed by atoms with E-state index in [1.807, 2.05) is 0 Å². The smallest absolute Gasteiger partial charge is 0.0163 e. The Balaban J connectivity index is 4.34. The van der Waals surface area contributed by atoms with Gasteiger partial charge in [0.05, 0.1) is 0 Å². The number of allylic oxidation sites excluding steroid dienone is 2. The van der Waals surface area contributed by atoms with Crippen LogP contribution in [-0.2, 0) is 0 Å². The summed E-state index contributed by atoms with van der Waals surface area (Å²) in [6.45, 7) is 21.0. The van der Waals surface area contributed by atoms with Crippen molar-refractivity contribution >= 4 is 0 Å². The molecule has 2 unspecified atom stereocenters. The van der Waals surface area contributed by atoms with E-state index < -0.39 is 0 Å². The van der Waals surface area contributed by atoms with Crippen molar-refractivity contribution in [1.82, 2.24) is 9.80 Å². The Hall–Kier alpha value is -0.600. The maximum absolute atomic E-state index is 2.65. The highest BCUT2D eigenvalue weighted by atomic mass is 15.1. The second-order valence-electron chi connectivity index (χ2n) is 8.01. The van der Waals surface area contributed by atoms with E-state index in [4.69, 9.17) is 0 Å². The summed E-state index contributed by atoms with van der Waals surface area (Å²) in [5, 5.41) is 0. The number of hydrogen-bond acceptors (Lipinski definition) is 2. The van der Waals surface area contributed by atoms with E-state index in [1.165, 1.54) is 51.9 Å². The van der Waals surface area contributed by atoms with Crippen LogP contribution in [0, 0.1) is 11.8 Å². The predicted octanol–water partition coefficient (Wildman–Crippen LogP) is 6.40. The van der Waals surface area contributed by atoms with Gasteiger partial charge in [0.1, 0.15) is 0 Å². The Bertz CT molecular complexity index is 314. The molecule has 2 nitrogen and oxygen atoms in total. The van der Waals surface area contributed by atoms with Crippen molar-refractivity contribution in [3.05, 3.63) is 24.3 Å². The van der Waals surface area contributed by atoms with E-state index in [0.717, 1.165) is 37.8 Å². The average Bonchev–Trinajstić information content (AvgIpc) is 2.64. The van der Waals surface area contributed by atoms with Gasteiger partial charge in [0.2, 0.25) is 0 Å². The highest BCUT2D eigenvalue weighted by molar-refractivity contribution is 4.85. The monoisotopic (exact) mass is 364 g/mol. The molecule has 154 valence electrons. The van der Waals surface area contributed by atoms with Gasteiger partial charge in [-0.1, -0.05) is 78.7 Å². The molecule has 0 aliphatic carbocycles. The molecule has 0 N–H and O–H groups in total. The lowest BCUT2D eigenvalue weighted by Crippen LogP contribution is -2.32. The maximum Gasteiger partial charge on any atom is 0.0163 e. The standard InChI is InChI=1S/C24H48N2/c1-7-11-13-17-25(21-23(5)9-3)19-15-16-20-26(18-14-12-8-2)22-24(6)10-4/h11-14,23-24H,7-10,15-22H2,1-6H3/b13-11-,14-12-. The zero-order valence-corrected chi connectivity index (χ0v) is 18.8. The Morgan fingerprint density at radius 1 is 0.615 bits per heavy atom. The minimum atomic E-state index is 0.797. The molecule has 0 aromatic heterocycles. The molecule has 0 aromatic carbocycles. The molecular weight excluding hydrogens is 316 g/mol. The van der Waals surface area contributed by atoms with E-state index in [-0.39, 0.29) is 0 Å². The Morgan fingerprint density at radius 3 is 1.31 bits per heavy atom. The summed E-state index contributed by atoms with van der Waals surface area (Å²) in [4.78, 5) is 5.30. The fraction of sp³-hybridized carbons (Fsp3) is 0.833. The van der Waals surface area contributed by atoms with Crippen LogP contribution in [0.15, 0.2) is 24.3 Å². The number of rotatable bonds is 17. The van der Waals surface area contributed by atoms with E-state index in [1.54, 1.807) is 0 Å². The molecular formula is C24H48N2. The summed E-state index contributed by atoms with van der Waals surface area (Å²) in [5.41, 5.74) is 0. The predicted molar refractivity (Wildman–Crippen MR) is 120 cm³/mol. The van der Waals surface area contributed by atoms with Gasteiger partial charge < -0.3 is 0 Å². The van der Waals surface area contributed by atoms with E-state index in [9.17, 15) is 0 Å². The van der Waals surface area contributed by atoms with Crippen molar-refractivity contribution in [1.29, 1.82) is 0 Å². The van der Waals surface area contributed by atoms with Gasteiger partial charge >= 0.3 is 0 Å². The van der Waals surface area contributed by atoms with Crippen LogP contribution in [0.25, 0.3) is 0 Å². The van der Waals surface area contributed by atoms with Crippen molar-refractivity contribution < 1.29 is 0 Å². The van der Waals surface area contributed by atoms with Gasteiger partial charge in [-0.15, -0.1) is 0 Å². The molecule has 0 rings (SSSR count). The molecule has 0 aliphatic rings. The minimum absolute atomic E-state index is 0.797. The first-order chi connectivity index (χ1) is 12.6. The van der Waals surface area contributed by atoms with Crippen molar-refractivity contribution in [3.8, 4) is 0 Å². The molecule has 0 saturated heterocycles. The summed E-state index contributed by atoms with van der Waals surface area (Å²) >= 11 is 0. The maximum atomic E-state index is 2.65. The Kier molecular flexibility index (Phi) is 17.4. The molecule has 0 aromatic rings. The van der Waals surface area contributed by atoms with Crippen LogP contribution >= 0.6 is 0 Å². The average molecular weight is 365 g/mol. The van der Waals surface area contributed by atoms with Gasteiger partial charge in [0.25, 0.3) is 0 Å². The van der Waals surface area contributed by atoms with E-state index >= 15 is 0 Å². The first kappa shape index (κ1) is 25.4. The van der Waals surface area contributed by atoms with Crippen molar-refractivity contribution in [2.75, 3.05) is 39.3 Å². The van der Waals surface area contributed by atoms with E-state index in [2.05, 4.69) is 75.6 Å². The van der Waals surface area contributed by atoms with Crippen LogP contribution in [0.5, 0.6) is 0 Å². The number of hydrogen-bond donors (Lipinski definition) is 0. The van der Waals surface area contributed by atoms with Gasteiger partial charge in [0, 0.05) is 26.2 Å². The Labute approximate surface area is 165 Å². The van der Waals surface area contributed by atoms with Crippen LogP contribution in [0.3, 0.4) is 0 Å². The van der Waals surface area contributed by atoms with Gasteiger partial charge in [-0.25, -0.2) is 0 Å². The van der Waals surface area contributed by atoms with Crippen LogP contribution in [-0.4, -0.2) is 49.1 Å². The topological polar surface area (TPSA) is 6.48 Å². The summed E-state index contributed by atoms with van der Waals surface area (Å²) in [6.07, 6.45) is 16.8. The lowest BCUT2D eigenvalue weighted by atomic mass is 10.1. The molecule has 0 spiro atoms. The van der Waals surface area contributed by atoms with Crippen molar-refractivity contribution in [2.45, 2.75) is 80.1 Å². The normalized spacial score (nSPS) is 14.9. The first-order valence-electron chi connectivity index (χ1n) is 11.3. The third-order valence-electron chi connectivity index (χ3n) is 5.26. The molecule has 0 aliphatic heterocycles. The number of unbranched alkanes of at least 4 members (excludes halogenated alkanes) is 1. The molecule has 0 fully saturated rings. The second-order valence-corrected chi connectivity index (χ2v) is 8.01. The summed E-state index contributed by atoms with van der Waals surface area (Å²) < 4.78 is 0. The third-order valence-corrected chi connectivity index (χ3v) is 5.26. The molecule has 0 radical (unpaired) electrons. The largest absolute Gasteiger partial charge is 0.299 e. The third kappa shape index (κ3) is 14.6. The molecule has 0 heterocycles. The minimum Gasteiger partial charge on any atom is -0.299 e. The molecule has 0 saturated carbocycles. The zero-order chi connectivity index (χ0) is 19.6. The molecule has 0 bridgehead atoms. The second kappa shape index (κ2) is 17.8. The lowest BCUT2D eigenvalue weighted by Gasteiger charge is -2.26. The first-order valence-corrected chi connectivity index (χ1v) is 11.3. The van der Waals surface area contributed by atoms with Crippen LogP contribution in [0.4, 0.5) is 0 Å². The van der Waals surface area contributed by atoms with Gasteiger partial charge in [-0.2, -0.15) is 0 Å². The van der Waals surface area contributed by atoms with Crippen LogP contribution in [0.2, 0.25) is 0 Å². The number of nitrogens with zero attached hydrogens (tertiary/aromatic N) is 2. The quantitative estimate of drug-likeness (QED) is 0.218. The van der Waals surface area contributed by atoms with Gasteiger partial charge in [-0.05, 0) is 50.6 Å². The molecule has 26 heavy (non-hydrogen) atoms. The molecule has 0 amide bonds. The SMILES string of the molecule is CC/C=C\CN(CCCCN(C/C=C\CC)CC(C)CC)CC(C)CC. The Morgan fingerprint density at radius 2 is 1.00 bits per heavy atom.